The molecule has 3 rings (SSSR count). The number of halogens is 3. The molecule has 0 amide bonds. The van der Waals surface area contributed by atoms with Gasteiger partial charge in [0.2, 0.25) is 0 Å². The number of oxazole rings is 1. The van der Waals surface area contributed by atoms with Crippen molar-refractivity contribution < 1.29 is 17.6 Å². The zero-order chi connectivity index (χ0) is 14.3. The van der Waals surface area contributed by atoms with Gasteiger partial charge in [0.1, 0.15) is 5.52 Å². The minimum atomic E-state index is -4.37. The Hall–Kier alpha value is -1.95. The van der Waals surface area contributed by atoms with Gasteiger partial charge >= 0.3 is 6.18 Å². The molecule has 0 N–H and O–H groups in total. The topological polar surface area (TPSA) is 26.0 Å². The summed E-state index contributed by atoms with van der Waals surface area (Å²) in [4.78, 5) is 4.10. The molecule has 0 aliphatic carbocycles. The lowest BCUT2D eigenvalue weighted by molar-refractivity contribution is -0.137. The molecule has 6 heteroatoms. The van der Waals surface area contributed by atoms with E-state index in [4.69, 9.17) is 4.42 Å². The Morgan fingerprint density at radius 2 is 1.80 bits per heavy atom. The summed E-state index contributed by atoms with van der Waals surface area (Å²) >= 11 is 4.01. The van der Waals surface area contributed by atoms with E-state index in [1.165, 1.54) is 6.07 Å². The first-order valence-electron chi connectivity index (χ1n) is 5.71. The second-order valence-electron chi connectivity index (χ2n) is 4.23. The third-order valence-electron chi connectivity index (χ3n) is 2.91. The van der Waals surface area contributed by atoms with Crippen LogP contribution in [0.4, 0.5) is 13.2 Å². The van der Waals surface area contributed by atoms with Crippen molar-refractivity contribution >= 4 is 23.7 Å². The molecule has 0 bridgehead atoms. The molecule has 1 heterocycles. The standard InChI is InChI=1S/C14H8F3NOS/c15-14(16,17)9-4-1-3-8(7-9)10-5-2-6-11-12(10)18-13(20)19-11/h1-7H,(H,18,20). The smallest absolute Gasteiger partial charge is 0.416 e. The number of rotatable bonds is 1. The molecule has 0 radical (unpaired) electrons. The van der Waals surface area contributed by atoms with Crippen LogP contribution in [0.2, 0.25) is 0 Å². The fourth-order valence-corrected chi connectivity index (χ4v) is 2.23. The van der Waals surface area contributed by atoms with Crippen molar-refractivity contribution in [2.24, 2.45) is 0 Å². The predicted octanol–water partition coefficient (Wildman–Crippen LogP) is 4.80. The highest BCUT2D eigenvalue weighted by Crippen LogP contribution is 2.34. The van der Waals surface area contributed by atoms with Crippen molar-refractivity contribution in [3.8, 4) is 11.1 Å². The number of aromatic nitrogens is 1. The van der Waals surface area contributed by atoms with E-state index in [1.807, 2.05) is 0 Å². The largest absolute Gasteiger partial charge is 0.432 e. The van der Waals surface area contributed by atoms with Gasteiger partial charge in [0, 0.05) is 5.56 Å². The Morgan fingerprint density at radius 1 is 1.05 bits per heavy atom. The van der Waals surface area contributed by atoms with Crippen LogP contribution in [-0.2, 0) is 6.18 Å². The van der Waals surface area contributed by atoms with Crippen molar-refractivity contribution in [2.75, 3.05) is 0 Å². The minimum Gasteiger partial charge on any atom is -0.432 e. The van der Waals surface area contributed by atoms with E-state index < -0.39 is 11.7 Å². The van der Waals surface area contributed by atoms with Crippen LogP contribution >= 0.6 is 12.6 Å². The van der Waals surface area contributed by atoms with Crippen LogP contribution in [0.1, 0.15) is 5.56 Å². The number of hydrogen-bond donors (Lipinski definition) is 1. The lowest BCUT2D eigenvalue weighted by atomic mass is 10.0. The zero-order valence-electron chi connectivity index (χ0n) is 9.98. The zero-order valence-corrected chi connectivity index (χ0v) is 10.9. The Morgan fingerprint density at radius 3 is 2.55 bits per heavy atom. The fourth-order valence-electron chi connectivity index (χ4n) is 2.03. The molecular weight excluding hydrogens is 287 g/mol. The van der Waals surface area contributed by atoms with Crippen molar-refractivity contribution in [3.05, 3.63) is 48.0 Å². The maximum absolute atomic E-state index is 12.8. The molecular formula is C14H8F3NOS. The number of para-hydroxylation sites is 1. The third kappa shape index (κ3) is 2.27. The maximum Gasteiger partial charge on any atom is 0.416 e. The van der Waals surface area contributed by atoms with E-state index >= 15 is 0 Å². The Bertz CT molecular complexity index is 779. The maximum atomic E-state index is 12.8. The first kappa shape index (κ1) is 13.1. The summed E-state index contributed by atoms with van der Waals surface area (Å²) in [6.45, 7) is 0. The molecule has 2 aromatic carbocycles. The van der Waals surface area contributed by atoms with Gasteiger partial charge in [-0.1, -0.05) is 36.9 Å². The van der Waals surface area contributed by atoms with Crippen molar-refractivity contribution in [1.82, 2.24) is 4.98 Å². The molecule has 0 atom stereocenters. The fraction of sp³-hybridized carbons (Fsp3) is 0.0714. The second kappa shape index (κ2) is 4.56. The van der Waals surface area contributed by atoms with Crippen LogP contribution in [0.15, 0.2) is 52.1 Å². The van der Waals surface area contributed by atoms with Gasteiger partial charge in [-0.25, -0.2) is 4.98 Å². The normalized spacial score (nSPS) is 12.0. The van der Waals surface area contributed by atoms with Gasteiger partial charge in [-0.2, -0.15) is 13.2 Å². The molecule has 0 saturated carbocycles. The van der Waals surface area contributed by atoms with Crippen LogP contribution in [0, 0.1) is 0 Å². The summed E-state index contributed by atoms with van der Waals surface area (Å²) in [5, 5.41) is 0.180. The molecule has 0 unspecified atom stereocenters. The lowest BCUT2D eigenvalue weighted by Gasteiger charge is -2.09. The molecule has 3 aromatic rings. The first-order chi connectivity index (χ1) is 9.45. The van der Waals surface area contributed by atoms with Gasteiger partial charge in [0.05, 0.1) is 5.56 Å². The summed E-state index contributed by atoms with van der Waals surface area (Å²) in [7, 11) is 0. The quantitative estimate of drug-likeness (QED) is 0.652. The van der Waals surface area contributed by atoms with Gasteiger partial charge in [0.25, 0.3) is 5.22 Å². The highest BCUT2D eigenvalue weighted by atomic mass is 32.1. The van der Waals surface area contributed by atoms with E-state index in [1.54, 1.807) is 24.3 Å². The Labute approximate surface area is 117 Å². The number of benzene rings is 2. The molecule has 2 nitrogen and oxygen atoms in total. The molecule has 102 valence electrons. The Balaban J connectivity index is 2.21. The van der Waals surface area contributed by atoms with E-state index in [0.29, 0.717) is 22.2 Å². The van der Waals surface area contributed by atoms with Gasteiger partial charge in [-0.15, -0.1) is 0 Å². The monoisotopic (exact) mass is 295 g/mol. The van der Waals surface area contributed by atoms with E-state index in [0.717, 1.165) is 12.1 Å². The van der Waals surface area contributed by atoms with Crippen molar-refractivity contribution in [2.45, 2.75) is 11.4 Å². The van der Waals surface area contributed by atoms with Gasteiger partial charge < -0.3 is 4.42 Å². The summed E-state index contributed by atoms with van der Waals surface area (Å²) in [6.07, 6.45) is -4.37. The highest BCUT2D eigenvalue weighted by Gasteiger charge is 2.30. The predicted molar refractivity (Wildman–Crippen MR) is 71.7 cm³/mol. The van der Waals surface area contributed by atoms with Crippen LogP contribution in [0.3, 0.4) is 0 Å². The van der Waals surface area contributed by atoms with Gasteiger partial charge in [-0.05, 0) is 23.8 Å². The van der Waals surface area contributed by atoms with E-state index in [2.05, 4.69) is 17.6 Å². The molecule has 0 saturated heterocycles. The van der Waals surface area contributed by atoms with E-state index in [-0.39, 0.29) is 5.22 Å². The molecule has 1 aromatic heterocycles. The highest BCUT2D eigenvalue weighted by molar-refractivity contribution is 7.80. The number of fused-ring (bicyclic) bond motifs is 1. The van der Waals surface area contributed by atoms with Crippen molar-refractivity contribution in [3.63, 3.8) is 0 Å². The lowest BCUT2D eigenvalue weighted by Crippen LogP contribution is -2.04. The van der Waals surface area contributed by atoms with Crippen LogP contribution in [-0.4, -0.2) is 4.98 Å². The van der Waals surface area contributed by atoms with Gasteiger partial charge in [0.15, 0.2) is 5.58 Å². The Kier molecular flexibility index (Phi) is 2.97. The summed E-state index contributed by atoms with van der Waals surface area (Å²) < 4.78 is 43.5. The average molecular weight is 295 g/mol. The molecule has 0 aliphatic heterocycles. The van der Waals surface area contributed by atoms with Gasteiger partial charge in [-0.3, -0.25) is 0 Å². The molecule has 0 aliphatic rings. The second-order valence-corrected chi connectivity index (χ2v) is 4.61. The van der Waals surface area contributed by atoms with Crippen LogP contribution < -0.4 is 0 Å². The molecule has 20 heavy (non-hydrogen) atoms. The number of nitrogens with zero attached hydrogens (tertiary/aromatic N) is 1. The van der Waals surface area contributed by atoms with E-state index in [9.17, 15) is 13.2 Å². The number of hydrogen-bond acceptors (Lipinski definition) is 3. The summed E-state index contributed by atoms with van der Waals surface area (Å²) in [5.41, 5.74) is 1.31. The first-order valence-corrected chi connectivity index (χ1v) is 6.16. The summed E-state index contributed by atoms with van der Waals surface area (Å²) in [6, 6.07) is 10.2. The summed E-state index contributed by atoms with van der Waals surface area (Å²) in [5.74, 6) is 0. The average Bonchev–Trinajstić information content (AvgIpc) is 2.77. The van der Waals surface area contributed by atoms with Crippen LogP contribution in [0.5, 0.6) is 0 Å². The number of alkyl halides is 3. The third-order valence-corrected chi connectivity index (χ3v) is 3.10. The SMILES string of the molecule is FC(F)(F)c1cccc(-c2cccc3oc(S)nc23)c1. The minimum absolute atomic E-state index is 0.180. The number of thiol groups is 1. The molecule has 0 fully saturated rings. The molecule has 0 spiro atoms. The van der Waals surface area contributed by atoms with Crippen molar-refractivity contribution in [1.29, 1.82) is 0 Å². The van der Waals surface area contributed by atoms with Crippen LogP contribution in [0.25, 0.3) is 22.2 Å².